The van der Waals surface area contributed by atoms with Gasteiger partial charge in [-0.3, -0.25) is 4.79 Å². The largest absolute Gasteiger partial charge is 0.460 e. The summed E-state index contributed by atoms with van der Waals surface area (Å²) in [5.74, 6) is -0.687. The van der Waals surface area contributed by atoms with E-state index in [1.54, 1.807) is 36.4 Å². The highest BCUT2D eigenvalue weighted by molar-refractivity contribution is 5.76. The summed E-state index contributed by atoms with van der Waals surface area (Å²) < 4.78 is 30.3. The van der Waals surface area contributed by atoms with E-state index in [-0.39, 0.29) is 13.0 Å². The van der Waals surface area contributed by atoms with Crippen molar-refractivity contribution in [1.82, 2.24) is 5.32 Å². The van der Waals surface area contributed by atoms with Crippen LogP contribution in [0.1, 0.15) is 11.1 Å². The van der Waals surface area contributed by atoms with Gasteiger partial charge in [-0.2, -0.15) is 8.78 Å². The lowest BCUT2D eigenvalue weighted by Crippen LogP contribution is -2.42. The summed E-state index contributed by atoms with van der Waals surface area (Å²) in [5, 5.41) is 1.96. The van der Waals surface area contributed by atoms with Crippen LogP contribution in [0.2, 0.25) is 0 Å². The molecular weight excluding hydrogens is 288 g/mol. The predicted molar refractivity (Wildman–Crippen MR) is 79.3 cm³/mol. The minimum atomic E-state index is -2.78. The number of nitrogens with one attached hydrogen (secondary N) is 1. The molecule has 22 heavy (non-hydrogen) atoms. The zero-order valence-electron chi connectivity index (χ0n) is 11.9. The lowest BCUT2D eigenvalue weighted by atomic mass is 10.1. The maximum absolute atomic E-state index is 12.6. The van der Waals surface area contributed by atoms with Gasteiger partial charge < -0.3 is 4.74 Å². The molecule has 0 saturated heterocycles. The van der Waals surface area contributed by atoms with Crippen LogP contribution in [0.3, 0.4) is 0 Å². The molecule has 0 aliphatic rings. The average Bonchev–Trinajstić information content (AvgIpc) is 2.53. The number of carbonyl (C=O) groups is 1. The Kier molecular flexibility index (Phi) is 6.03. The van der Waals surface area contributed by atoms with Gasteiger partial charge in [-0.15, -0.1) is 0 Å². The van der Waals surface area contributed by atoms with Gasteiger partial charge in [0.05, 0.1) is 0 Å². The Labute approximate surface area is 127 Å². The number of carbonyl (C=O) groups excluding carboxylic acids is 1. The highest BCUT2D eigenvalue weighted by atomic mass is 19.3. The fourth-order valence-electron chi connectivity index (χ4n) is 2.04. The van der Waals surface area contributed by atoms with E-state index in [4.69, 9.17) is 4.74 Å². The molecule has 116 valence electrons. The van der Waals surface area contributed by atoms with E-state index in [0.29, 0.717) is 0 Å². The fourth-order valence-corrected chi connectivity index (χ4v) is 2.04. The highest BCUT2D eigenvalue weighted by Gasteiger charge is 2.23. The second kappa shape index (κ2) is 8.24. The third kappa shape index (κ3) is 5.26. The smallest absolute Gasteiger partial charge is 0.323 e. The molecule has 2 rings (SSSR count). The van der Waals surface area contributed by atoms with Crippen LogP contribution in [0.5, 0.6) is 0 Å². The normalized spacial score (nSPS) is 12.1. The van der Waals surface area contributed by atoms with Crippen molar-refractivity contribution in [2.24, 2.45) is 0 Å². The first kappa shape index (κ1) is 16.1. The molecule has 0 spiro atoms. The number of rotatable bonds is 7. The molecule has 0 saturated carbocycles. The van der Waals surface area contributed by atoms with Crippen molar-refractivity contribution in [2.45, 2.75) is 25.6 Å². The molecule has 0 bridgehead atoms. The molecule has 0 aliphatic carbocycles. The van der Waals surface area contributed by atoms with Gasteiger partial charge in [0, 0.05) is 0 Å². The maximum Gasteiger partial charge on any atom is 0.323 e. The van der Waals surface area contributed by atoms with E-state index in [1.165, 1.54) is 0 Å². The van der Waals surface area contributed by atoms with Gasteiger partial charge >= 0.3 is 5.97 Å². The van der Waals surface area contributed by atoms with Gasteiger partial charge in [-0.05, 0) is 17.5 Å². The standard InChI is InChI=1S/C17H17F2NO2/c18-17(19)20-15(11-13-7-3-1-4-8-13)16(21)22-12-14-9-5-2-6-10-14/h1-10,15,17,20H,11-12H2/t15-/m0/s1. The number of halogens is 2. The number of hydrogen-bond donors (Lipinski definition) is 1. The second-order valence-corrected chi connectivity index (χ2v) is 4.80. The summed E-state index contributed by atoms with van der Waals surface area (Å²) in [4.78, 5) is 12.0. The van der Waals surface area contributed by atoms with Crippen LogP contribution in [0, 0.1) is 0 Å². The summed E-state index contributed by atoms with van der Waals surface area (Å²) in [6.07, 6.45) is 0.152. The van der Waals surface area contributed by atoms with Crippen molar-refractivity contribution >= 4 is 5.97 Å². The van der Waals surface area contributed by atoms with Crippen molar-refractivity contribution in [3.63, 3.8) is 0 Å². The van der Waals surface area contributed by atoms with Gasteiger partial charge in [0.25, 0.3) is 6.55 Å². The number of esters is 1. The van der Waals surface area contributed by atoms with E-state index in [1.807, 2.05) is 29.6 Å². The Morgan fingerprint density at radius 1 is 0.955 bits per heavy atom. The summed E-state index contributed by atoms with van der Waals surface area (Å²) in [6, 6.07) is 17.0. The highest BCUT2D eigenvalue weighted by Crippen LogP contribution is 2.08. The van der Waals surface area contributed by atoms with E-state index < -0.39 is 18.6 Å². The Morgan fingerprint density at radius 3 is 2.05 bits per heavy atom. The molecule has 2 aromatic rings. The first-order valence-electron chi connectivity index (χ1n) is 6.94. The molecule has 0 amide bonds. The molecule has 1 atom stereocenters. The summed E-state index contributed by atoms with van der Waals surface area (Å²) >= 11 is 0. The van der Waals surface area contributed by atoms with Crippen LogP contribution < -0.4 is 5.32 Å². The van der Waals surface area contributed by atoms with Crippen LogP contribution in [0.15, 0.2) is 60.7 Å². The topological polar surface area (TPSA) is 38.3 Å². The van der Waals surface area contributed by atoms with Crippen LogP contribution in [-0.4, -0.2) is 18.6 Å². The fraction of sp³-hybridized carbons (Fsp3) is 0.235. The lowest BCUT2D eigenvalue weighted by Gasteiger charge is -2.17. The molecule has 5 heteroatoms. The third-order valence-electron chi connectivity index (χ3n) is 3.12. The molecular formula is C17H17F2NO2. The van der Waals surface area contributed by atoms with Gasteiger partial charge in [0.2, 0.25) is 0 Å². The molecule has 0 radical (unpaired) electrons. The number of hydrogen-bond acceptors (Lipinski definition) is 3. The summed E-state index contributed by atoms with van der Waals surface area (Å²) in [7, 11) is 0. The first-order valence-corrected chi connectivity index (χ1v) is 6.94. The van der Waals surface area contributed by atoms with E-state index in [9.17, 15) is 13.6 Å². The van der Waals surface area contributed by atoms with Crippen molar-refractivity contribution in [3.8, 4) is 0 Å². The molecule has 0 unspecified atom stereocenters. The van der Waals surface area contributed by atoms with Crippen LogP contribution in [-0.2, 0) is 22.6 Å². The van der Waals surface area contributed by atoms with Gasteiger partial charge in [0.15, 0.2) is 0 Å². The Bertz CT molecular complexity index is 576. The quantitative estimate of drug-likeness (QED) is 0.631. The lowest BCUT2D eigenvalue weighted by molar-refractivity contribution is -0.149. The summed E-state index contributed by atoms with van der Waals surface area (Å²) in [5.41, 5.74) is 1.60. The Balaban J connectivity index is 1.96. The average molecular weight is 305 g/mol. The molecule has 0 fully saturated rings. The van der Waals surface area contributed by atoms with Gasteiger partial charge in [-0.25, -0.2) is 5.32 Å². The Morgan fingerprint density at radius 2 is 1.50 bits per heavy atom. The van der Waals surface area contributed by atoms with E-state index >= 15 is 0 Å². The number of alkyl halides is 2. The monoisotopic (exact) mass is 305 g/mol. The molecule has 3 nitrogen and oxygen atoms in total. The maximum atomic E-state index is 12.6. The van der Waals surface area contributed by atoms with Crippen LogP contribution in [0.4, 0.5) is 8.78 Å². The van der Waals surface area contributed by atoms with E-state index in [0.717, 1.165) is 11.1 Å². The van der Waals surface area contributed by atoms with Crippen LogP contribution >= 0.6 is 0 Å². The zero-order chi connectivity index (χ0) is 15.8. The minimum Gasteiger partial charge on any atom is -0.460 e. The van der Waals surface area contributed by atoms with Crippen LogP contribution in [0.25, 0.3) is 0 Å². The zero-order valence-corrected chi connectivity index (χ0v) is 11.9. The SMILES string of the molecule is O=C(OCc1ccccc1)[C@H](Cc1ccccc1)NC(F)F. The summed E-state index contributed by atoms with van der Waals surface area (Å²) in [6.45, 7) is -2.71. The second-order valence-electron chi connectivity index (χ2n) is 4.80. The van der Waals surface area contributed by atoms with Crippen molar-refractivity contribution in [1.29, 1.82) is 0 Å². The van der Waals surface area contributed by atoms with Crippen molar-refractivity contribution < 1.29 is 18.3 Å². The molecule has 2 aromatic carbocycles. The molecule has 1 N–H and O–H groups in total. The number of benzene rings is 2. The van der Waals surface area contributed by atoms with Gasteiger partial charge in [-0.1, -0.05) is 60.7 Å². The Hall–Kier alpha value is -2.27. The first-order chi connectivity index (χ1) is 10.6. The predicted octanol–water partition coefficient (Wildman–Crippen LogP) is 3.15. The van der Waals surface area contributed by atoms with Crippen molar-refractivity contribution in [2.75, 3.05) is 0 Å². The third-order valence-corrected chi connectivity index (χ3v) is 3.12. The minimum absolute atomic E-state index is 0.0654. The molecule has 0 heterocycles. The number of ether oxygens (including phenoxy) is 1. The van der Waals surface area contributed by atoms with Gasteiger partial charge in [0.1, 0.15) is 12.6 Å². The molecule has 0 aliphatic heterocycles. The molecule has 0 aromatic heterocycles. The van der Waals surface area contributed by atoms with Crippen molar-refractivity contribution in [3.05, 3.63) is 71.8 Å². The van der Waals surface area contributed by atoms with E-state index in [2.05, 4.69) is 0 Å².